The second-order valence-corrected chi connectivity index (χ2v) is 7.10. The van der Waals surface area contributed by atoms with Gasteiger partial charge in [-0.1, -0.05) is 6.07 Å². The number of hydrogen-bond acceptors (Lipinski definition) is 5. The van der Waals surface area contributed by atoms with Crippen LogP contribution >= 0.6 is 0 Å². The van der Waals surface area contributed by atoms with E-state index in [0.29, 0.717) is 24.1 Å². The van der Waals surface area contributed by atoms with Crippen LogP contribution in [0.1, 0.15) is 28.8 Å². The number of aromatic hydroxyl groups is 1. The molecule has 150 valence electrons. The van der Waals surface area contributed by atoms with Gasteiger partial charge >= 0.3 is 0 Å². The van der Waals surface area contributed by atoms with Crippen molar-refractivity contribution in [3.63, 3.8) is 0 Å². The molecule has 4 rings (SSSR count). The minimum atomic E-state index is -0.512. The lowest BCUT2D eigenvalue weighted by molar-refractivity contribution is 0.0854. The molecule has 7 heteroatoms. The van der Waals surface area contributed by atoms with Crippen molar-refractivity contribution < 1.29 is 23.4 Å². The van der Waals surface area contributed by atoms with Crippen molar-refractivity contribution >= 4 is 22.6 Å². The van der Waals surface area contributed by atoms with Crippen molar-refractivity contribution in [2.24, 2.45) is 4.99 Å². The number of aryl methyl sites for hydroxylation is 1. The summed E-state index contributed by atoms with van der Waals surface area (Å²) in [5, 5.41) is 13.2. The number of carbonyl (C=O) groups is 1. The summed E-state index contributed by atoms with van der Waals surface area (Å²) in [6.45, 7) is 2.85. The topological polar surface area (TPSA) is 84.1 Å². The highest BCUT2D eigenvalue weighted by atomic mass is 19.1. The van der Waals surface area contributed by atoms with Crippen LogP contribution in [0.5, 0.6) is 5.75 Å². The number of amides is 1. The summed E-state index contributed by atoms with van der Waals surface area (Å²) in [7, 11) is 0. The van der Waals surface area contributed by atoms with Crippen LogP contribution in [-0.4, -0.2) is 30.3 Å². The molecule has 0 spiro atoms. The van der Waals surface area contributed by atoms with Gasteiger partial charge in [-0.25, -0.2) is 9.38 Å². The van der Waals surface area contributed by atoms with Crippen LogP contribution in [0.25, 0.3) is 11.0 Å². The molecule has 29 heavy (non-hydrogen) atoms. The predicted molar refractivity (Wildman–Crippen MR) is 106 cm³/mol. The summed E-state index contributed by atoms with van der Waals surface area (Å²) in [4.78, 5) is 17.1. The van der Waals surface area contributed by atoms with Crippen LogP contribution in [0.2, 0.25) is 0 Å². The number of fused-ring (bicyclic) bond motifs is 1. The molecular formula is C22H21FN2O4. The highest BCUT2D eigenvalue weighted by Gasteiger charge is 2.19. The van der Waals surface area contributed by atoms with E-state index in [4.69, 9.17) is 9.15 Å². The van der Waals surface area contributed by atoms with Crippen LogP contribution in [0, 0.1) is 12.7 Å². The third-order valence-corrected chi connectivity index (χ3v) is 4.82. The molecule has 0 radical (unpaired) electrons. The molecule has 0 bridgehead atoms. The van der Waals surface area contributed by atoms with Crippen molar-refractivity contribution in [1.29, 1.82) is 0 Å². The second-order valence-electron chi connectivity index (χ2n) is 7.10. The maximum atomic E-state index is 14.3. The summed E-state index contributed by atoms with van der Waals surface area (Å²) < 4.78 is 25.6. The van der Waals surface area contributed by atoms with Crippen LogP contribution in [-0.2, 0) is 4.74 Å². The summed E-state index contributed by atoms with van der Waals surface area (Å²) in [6, 6.07) is 10.8. The van der Waals surface area contributed by atoms with Gasteiger partial charge in [-0.2, -0.15) is 0 Å². The third-order valence-electron chi connectivity index (χ3n) is 4.82. The lowest BCUT2D eigenvalue weighted by Gasteiger charge is -2.11. The van der Waals surface area contributed by atoms with Gasteiger partial charge in [-0.05, 0) is 55.7 Å². The van der Waals surface area contributed by atoms with Gasteiger partial charge in [0.1, 0.15) is 28.4 Å². The first kappa shape index (κ1) is 19.1. The first-order valence-electron chi connectivity index (χ1n) is 9.47. The van der Waals surface area contributed by atoms with Crippen molar-refractivity contribution in [2.75, 3.05) is 13.2 Å². The molecule has 0 aliphatic carbocycles. The van der Waals surface area contributed by atoms with Gasteiger partial charge < -0.3 is 19.6 Å². The molecule has 2 aromatic carbocycles. The fourth-order valence-corrected chi connectivity index (χ4v) is 3.27. The smallest absolute Gasteiger partial charge is 0.256 e. The van der Waals surface area contributed by atoms with Gasteiger partial charge in [0.05, 0.1) is 6.10 Å². The number of ether oxygens (including phenoxy) is 1. The van der Waals surface area contributed by atoms with Crippen LogP contribution in [0.4, 0.5) is 10.1 Å². The van der Waals surface area contributed by atoms with E-state index in [1.165, 1.54) is 24.3 Å². The first-order chi connectivity index (χ1) is 14.0. The Bertz CT molecular complexity index is 1130. The molecule has 0 saturated carbocycles. The van der Waals surface area contributed by atoms with E-state index in [-0.39, 0.29) is 34.6 Å². The second kappa shape index (κ2) is 8.05. The first-order valence-corrected chi connectivity index (χ1v) is 9.47. The maximum absolute atomic E-state index is 14.3. The summed E-state index contributed by atoms with van der Waals surface area (Å²) in [6.07, 6.45) is 1.86. The van der Waals surface area contributed by atoms with Crippen LogP contribution < -0.4 is 10.9 Å². The van der Waals surface area contributed by atoms with Crippen LogP contribution in [0.15, 0.2) is 51.9 Å². The monoisotopic (exact) mass is 396 g/mol. The molecule has 3 aromatic rings. The largest absolute Gasteiger partial charge is 0.508 e. The Hall–Kier alpha value is -3.19. The molecule has 1 saturated heterocycles. The van der Waals surface area contributed by atoms with E-state index in [1.807, 2.05) is 0 Å². The van der Waals surface area contributed by atoms with E-state index in [1.54, 1.807) is 25.1 Å². The number of carbonyl (C=O) groups excluding carboxylic acids is 1. The third kappa shape index (κ3) is 4.30. The molecule has 1 fully saturated rings. The Balaban J connectivity index is 1.78. The Morgan fingerprint density at radius 1 is 1.28 bits per heavy atom. The fourth-order valence-electron chi connectivity index (χ4n) is 3.27. The molecule has 1 atom stereocenters. The predicted octanol–water partition coefficient (Wildman–Crippen LogP) is 3.73. The lowest BCUT2D eigenvalue weighted by atomic mass is 10.1. The van der Waals surface area contributed by atoms with Gasteiger partial charge in [0.2, 0.25) is 5.55 Å². The van der Waals surface area contributed by atoms with E-state index < -0.39 is 5.82 Å². The van der Waals surface area contributed by atoms with E-state index in [2.05, 4.69) is 10.3 Å². The van der Waals surface area contributed by atoms with E-state index in [0.717, 1.165) is 18.4 Å². The van der Waals surface area contributed by atoms with Crippen LogP contribution in [0.3, 0.4) is 0 Å². The number of nitrogens with zero attached hydrogens (tertiary/aromatic N) is 1. The molecular weight excluding hydrogens is 375 g/mol. The molecule has 1 aromatic heterocycles. The van der Waals surface area contributed by atoms with Crippen molar-refractivity contribution in [3.05, 3.63) is 65.0 Å². The zero-order valence-electron chi connectivity index (χ0n) is 15.9. The molecule has 1 amide bonds. The molecule has 6 nitrogen and oxygen atoms in total. The minimum absolute atomic E-state index is 0.0109. The number of nitrogens with one attached hydrogen (secondary N) is 1. The lowest BCUT2D eigenvalue weighted by Crippen LogP contribution is -2.34. The normalized spacial score (nSPS) is 17.0. The SMILES string of the molecule is Cc1ccc(N=c2oc3cc(O)ccc3cc2C(=O)NC[C@@H]2CCCO2)c(F)c1. The van der Waals surface area contributed by atoms with Gasteiger partial charge in [-0.15, -0.1) is 0 Å². The summed E-state index contributed by atoms with van der Waals surface area (Å²) >= 11 is 0. The summed E-state index contributed by atoms with van der Waals surface area (Å²) in [5.74, 6) is -0.878. The van der Waals surface area contributed by atoms with Crippen molar-refractivity contribution in [1.82, 2.24) is 5.32 Å². The Morgan fingerprint density at radius 3 is 2.90 bits per heavy atom. The molecule has 1 aliphatic heterocycles. The van der Waals surface area contributed by atoms with Gasteiger partial charge in [0, 0.05) is 24.6 Å². The number of phenolic OH excluding ortho intramolecular Hbond substituents is 1. The zero-order chi connectivity index (χ0) is 20.4. The number of hydrogen-bond donors (Lipinski definition) is 2. The van der Waals surface area contributed by atoms with Gasteiger partial charge in [-0.3, -0.25) is 4.79 Å². The molecule has 0 unspecified atom stereocenters. The van der Waals surface area contributed by atoms with E-state index in [9.17, 15) is 14.3 Å². The summed E-state index contributed by atoms with van der Waals surface area (Å²) in [5.41, 5.74) is 1.31. The number of benzene rings is 2. The fraction of sp³-hybridized carbons (Fsp3) is 0.273. The number of halogens is 1. The standard InChI is InChI=1S/C22H21FN2O4/c1-13-4-7-19(18(23)9-13)25-22-17(21(27)24-12-16-3-2-8-28-16)10-14-5-6-15(26)11-20(14)29-22/h4-7,9-11,16,26H,2-3,8,12H2,1H3,(H,24,27)/t16-/m0/s1. The molecule has 2 N–H and O–H groups in total. The molecule has 1 aliphatic rings. The zero-order valence-corrected chi connectivity index (χ0v) is 15.9. The maximum Gasteiger partial charge on any atom is 0.256 e. The average molecular weight is 396 g/mol. The number of rotatable bonds is 4. The minimum Gasteiger partial charge on any atom is -0.508 e. The number of phenols is 1. The van der Waals surface area contributed by atoms with Crippen molar-refractivity contribution in [2.45, 2.75) is 25.9 Å². The van der Waals surface area contributed by atoms with Gasteiger partial charge in [0.25, 0.3) is 5.91 Å². The Labute approximate surface area is 166 Å². The van der Waals surface area contributed by atoms with E-state index >= 15 is 0 Å². The molecule has 2 heterocycles. The highest BCUT2D eigenvalue weighted by molar-refractivity contribution is 5.96. The quantitative estimate of drug-likeness (QED) is 0.704. The van der Waals surface area contributed by atoms with Crippen molar-refractivity contribution in [3.8, 4) is 5.75 Å². The van der Waals surface area contributed by atoms with Gasteiger partial charge in [0.15, 0.2) is 0 Å². The average Bonchev–Trinajstić information content (AvgIpc) is 3.21. The Morgan fingerprint density at radius 2 is 2.14 bits per heavy atom. The highest BCUT2D eigenvalue weighted by Crippen LogP contribution is 2.21. The Kier molecular flexibility index (Phi) is 5.31.